The molecule has 1 heterocycles. The monoisotopic (exact) mass is 126 g/mol. The summed E-state index contributed by atoms with van der Waals surface area (Å²) < 4.78 is 0. The average molecular weight is 126 g/mol. The summed E-state index contributed by atoms with van der Waals surface area (Å²) >= 11 is 0. The van der Waals surface area contributed by atoms with Crippen LogP contribution in [0.2, 0.25) is 0 Å². The van der Waals surface area contributed by atoms with E-state index in [9.17, 15) is 0 Å². The minimum atomic E-state index is 0.483. The van der Waals surface area contributed by atoms with Crippen molar-refractivity contribution in [3.8, 4) is 0 Å². The molecule has 0 bridgehead atoms. The van der Waals surface area contributed by atoms with Gasteiger partial charge in [-0.25, -0.2) is 0 Å². The van der Waals surface area contributed by atoms with Gasteiger partial charge in [0.15, 0.2) is 0 Å². The van der Waals surface area contributed by atoms with Gasteiger partial charge in [0, 0.05) is 0 Å². The van der Waals surface area contributed by atoms with Crippen LogP contribution in [0.5, 0.6) is 0 Å². The average Bonchev–Trinajstić information content (AvgIpc) is 1.91. The van der Waals surface area contributed by atoms with Gasteiger partial charge in [0.25, 0.3) is 0 Å². The lowest BCUT2D eigenvalue weighted by atomic mass is 10.2. The molecule has 0 amide bonds. The fourth-order valence-corrected chi connectivity index (χ4v) is 1.05. The Hall–Kier alpha value is -0.340. The van der Waals surface area contributed by atoms with Gasteiger partial charge in [-0.2, -0.15) is 0 Å². The molecule has 0 spiro atoms. The van der Waals surface area contributed by atoms with Crippen LogP contribution in [-0.2, 0) is 0 Å². The molecular weight excluding hydrogens is 112 g/mol. The van der Waals surface area contributed by atoms with Crippen LogP contribution in [0.4, 0.5) is 0 Å². The zero-order valence-corrected chi connectivity index (χ0v) is 5.69. The van der Waals surface area contributed by atoms with Crippen molar-refractivity contribution >= 4 is 0 Å². The molecule has 0 saturated carbocycles. The van der Waals surface area contributed by atoms with Gasteiger partial charge in [-0.1, -0.05) is 6.08 Å². The molecule has 2 heteroatoms. The summed E-state index contributed by atoms with van der Waals surface area (Å²) in [4.78, 5) is 0. The van der Waals surface area contributed by atoms with Gasteiger partial charge < -0.3 is 10.6 Å². The molecule has 1 saturated heterocycles. The van der Waals surface area contributed by atoms with E-state index >= 15 is 0 Å². The van der Waals surface area contributed by atoms with Crippen molar-refractivity contribution in [2.24, 2.45) is 0 Å². The molecule has 1 aliphatic heterocycles. The van der Waals surface area contributed by atoms with Gasteiger partial charge in [0.05, 0.1) is 6.17 Å². The molecule has 0 aromatic carbocycles. The highest BCUT2D eigenvalue weighted by Crippen LogP contribution is 1.93. The quantitative estimate of drug-likeness (QED) is 0.526. The maximum Gasteiger partial charge on any atom is 0.0607 e. The van der Waals surface area contributed by atoms with Gasteiger partial charge in [-0.15, -0.1) is 6.58 Å². The van der Waals surface area contributed by atoms with E-state index in [-0.39, 0.29) is 0 Å². The zero-order valence-electron chi connectivity index (χ0n) is 5.69. The predicted octanol–water partition coefficient (Wildman–Crippen LogP) is 0.471. The highest BCUT2D eigenvalue weighted by atomic mass is 15.1. The lowest BCUT2D eigenvalue weighted by Crippen LogP contribution is -2.47. The largest absolute Gasteiger partial charge is 0.302 e. The molecule has 9 heavy (non-hydrogen) atoms. The maximum absolute atomic E-state index is 3.67. The van der Waals surface area contributed by atoms with Gasteiger partial charge in [0.1, 0.15) is 0 Å². The van der Waals surface area contributed by atoms with E-state index in [0.29, 0.717) is 6.17 Å². The Kier molecular flexibility index (Phi) is 2.74. The summed E-state index contributed by atoms with van der Waals surface area (Å²) in [5.41, 5.74) is 0. The highest BCUT2D eigenvalue weighted by molar-refractivity contribution is 4.78. The summed E-state index contributed by atoms with van der Waals surface area (Å²) in [5, 5.41) is 6.68. The summed E-state index contributed by atoms with van der Waals surface area (Å²) in [6, 6.07) is 0. The number of hydrogen-bond acceptors (Lipinski definition) is 2. The lowest BCUT2D eigenvalue weighted by molar-refractivity contribution is 0.372. The van der Waals surface area contributed by atoms with Gasteiger partial charge >= 0.3 is 0 Å². The summed E-state index contributed by atoms with van der Waals surface area (Å²) in [5.74, 6) is 0. The molecule has 2 nitrogen and oxygen atoms in total. The molecule has 2 N–H and O–H groups in total. The van der Waals surface area contributed by atoms with E-state index in [1.165, 1.54) is 6.42 Å². The molecule has 0 aromatic rings. The van der Waals surface area contributed by atoms with Crippen LogP contribution in [0.25, 0.3) is 0 Å². The predicted molar refractivity (Wildman–Crippen MR) is 39.2 cm³/mol. The van der Waals surface area contributed by atoms with Crippen LogP contribution < -0.4 is 10.6 Å². The van der Waals surface area contributed by atoms with Gasteiger partial charge in [-0.3, -0.25) is 0 Å². The third kappa shape index (κ3) is 2.16. The Morgan fingerprint density at radius 1 is 1.44 bits per heavy atom. The second-order valence-corrected chi connectivity index (χ2v) is 2.34. The van der Waals surface area contributed by atoms with Crippen molar-refractivity contribution in [1.29, 1.82) is 0 Å². The topological polar surface area (TPSA) is 24.1 Å². The normalized spacial score (nSPS) is 21.8. The zero-order chi connectivity index (χ0) is 6.53. The van der Waals surface area contributed by atoms with Crippen molar-refractivity contribution in [1.82, 2.24) is 10.6 Å². The first-order valence-electron chi connectivity index (χ1n) is 3.51. The molecule has 0 radical (unpaired) electrons. The van der Waals surface area contributed by atoms with Crippen molar-refractivity contribution in [3.05, 3.63) is 12.7 Å². The molecular formula is C7H14N2. The molecule has 52 valence electrons. The van der Waals surface area contributed by atoms with E-state index < -0.39 is 0 Å². The minimum absolute atomic E-state index is 0.483. The van der Waals surface area contributed by atoms with Crippen LogP contribution in [0.3, 0.4) is 0 Å². The highest BCUT2D eigenvalue weighted by Gasteiger charge is 2.07. The summed E-state index contributed by atoms with van der Waals surface area (Å²) in [6.45, 7) is 5.96. The second kappa shape index (κ2) is 3.64. The van der Waals surface area contributed by atoms with Gasteiger partial charge in [0.2, 0.25) is 0 Å². The second-order valence-electron chi connectivity index (χ2n) is 2.34. The van der Waals surface area contributed by atoms with Crippen LogP contribution in [0, 0.1) is 0 Å². The van der Waals surface area contributed by atoms with E-state index in [4.69, 9.17) is 0 Å². The molecule has 1 fully saturated rings. The lowest BCUT2D eigenvalue weighted by Gasteiger charge is -2.23. The standard InChI is InChI=1S/C7H14N2/c1-2-4-7-8-5-3-6-9-7/h2,7-9H,1,3-6H2. The fraction of sp³-hybridized carbons (Fsp3) is 0.714. The summed E-state index contributed by atoms with van der Waals surface area (Å²) in [7, 11) is 0. The first-order valence-corrected chi connectivity index (χ1v) is 3.51. The van der Waals surface area contributed by atoms with Crippen LogP contribution >= 0.6 is 0 Å². The van der Waals surface area contributed by atoms with Crippen LogP contribution in [-0.4, -0.2) is 19.3 Å². The maximum atomic E-state index is 3.67. The Bertz CT molecular complexity index is 84.9. The Morgan fingerprint density at radius 2 is 2.11 bits per heavy atom. The number of hydrogen-bond donors (Lipinski definition) is 2. The van der Waals surface area contributed by atoms with E-state index in [2.05, 4.69) is 17.2 Å². The van der Waals surface area contributed by atoms with Crippen molar-refractivity contribution in [3.63, 3.8) is 0 Å². The van der Waals surface area contributed by atoms with E-state index in [1.807, 2.05) is 6.08 Å². The van der Waals surface area contributed by atoms with Gasteiger partial charge in [-0.05, 0) is 25.9 Å². The molecule has 1 aliphatic rings. The number of nitrogens with one attached hydrogen (secondary N) is 2. The Balaban J connectivity index is 2.15. The minimum Gasteiger partial charge on any atom is -0.302 e. The molecule has 0 aliphatic carbocycles. The first-order chi connectivity index (χ1) is 4.43. The van der Waals surface area contributed by atoms with Crippen molar-refractivity contribution in [2.45, 2.75) is 19.0 Å². The molecule has 0 unspecified atom stereocenters. The third-order valence-electron chi connectivity index (χ3n) is 1.54. The molecule has 0 atom stereocenters. The summed E-state index contributed by atoms with van der Waals surface area (Å²) in [6.07, 6.45) is 4.69. The SMILES string of the molecule is C=CCC1NCCCN1. The Morgan fingerprint density at radius 3 is 2.67 bits per heavy atom. The Labute approximate surface area is 56.3 Å². The number of rotatable bonds is 2. The van der Waals surface area contributed by atoms with Crippen molar-refractivity contribution < 1.29 is 0 Å². The third-order valence-corrected chi connectivity index (χ3v) is 1.54. The van der Waals surface area contributed by atoms with Crippen LogP contribution in [0.1, 0.15) is 12.8 Å². The molecule has 1 rings (SSSR count). The van der Waals surface area contributed by atoms with Crippen molar-refractivity contribution in [2.75, 3.05) is 13.1 Å². The first kappa shape index (κ1) is 6.78. The van der Waals surface area contributed by atoms with E-state index in [0.717, 1.165) is 19.5 Å². The smallest absolute Gasteiger partial charge is 0.0607 e. The van der Waals surface area contributed by atoms with E-state index in [1.54, 1.807) is 0 Å². The fourth-order valence-electron chi connectivity index (χ4n) is 1.05. The molecule has 0 aromatic heterocycles. The van der Waals surface area contributed by atoms with Crippen LogP contribution in [0.15, 0.2) is 12.7 Å².